The molecule has 1 aromatic rings. The predicted molar refractivity (Wildman–Crippen MR) is 86.2 cm³/mol. The fourth-order valence-electron chi connectivity index (χ4n) is 3.11. The minimum atomic E-state index is -1.18. The van der Waals surface area contributed by atoms with Gasteiger partial charge in [0.05, 0.1) is 16.9 Å². The number of amides is 1. The Labute approximate surface area is 143 Å². The Hall–Kier alpha value is -1.73. The van der Waals surface area contributed by atoms with Crippen LogP contribution in [0.2, 0.25) is 0 Å². The third-order valence-electron chi connectivity index (χ3n) is 4.28. The molecule has 3 atom stereocenters. The molecule has 1 saturated carbocycles. The second-order valence-corrected chi connectivity index (χ2v) is 6.93. The number of aliphatic hydroxyl groups is 1. The molecule has 0 bridgehead atoms. The van der Waals surface area contributed by atoms with Crippen LogP contribution < -0.4 is 0 Å². The highest BCUT2D eigenvalue weighted by Crippen LogP contribution is 2.54. The summed E-state index contributed by atoms with van der Waals surface area (Å²) in [7, 11) is 0. The van der Waals surface area contributed by atoms with Crippen molar-refractivity contribution in [3.05, 3.63) is 61.0 Å². The zero-order chi connectivity index (χ0) is 17.0. The van der Waals surface area contributed by atoms with Gasteiger partial charge in [0.25, 0.3) is 0 Å². The van der Waals surface area contributed by atoms with Crippen molar-refractivity contribution in [1.82, 2.24) is 4.90 Å². The molecule has 2 fully saturated rings. The van der Waals surface area contributed by atoms with Crippen molar-refractivity contribution in [2.24, 2.45) is 5.92 Å². The van der Waals surface area contributed by atoms with Gasteiger partial charge in [-0.15, -0.1) is 0 Å². The summed E-state index contributed by atoms with van der Waals surface area (Å²) in [5, 5.41) is 18.9. The van der Waals surface area contributed by atoms with Gasteiger partial charge in [-0.3, -0.25) is 9.69 Å². The molecule has 2 N–H and O–H groups in total. The van der Waals surface area contributed by atoms with Gasteiger partial charge < -0.3 is 14.6 Å². The number of thioether (sulfide) groups is 1. The molecule has 3 aliphatic rings. The van der Waals surface area contributed by atoms with Crippen LogP contribution in [0.3, 0.4) is 0 Å². The molecule has 1 amide bonds. The fourth-order valence-corrected chi connectivity index (χ4v) is 4.68. The molecular weight excluding hydrogens is 330 g/mol. The van der Waals surface area contributed by atoms with Crippen molar-refractivity contribution in [2.45, 2.75) is 18.4 Å². The quantitative estimate of drug-likeness (QED) is 0.808. The average Bonchev–Trinajstić information content (AvgIpc) is 3.23. The summed E-state index contributed by atoms with van der Waals surface area (Å²) in [6.07, 6.45) is 6.76. The number of carbonyl (C=O) groups is 2. The highest BCUT2D eigenvalue weighted by atomic mass is 32.2. The molecule has 2 aliphatic heterocycles. The summed E-state index contributed by atoms with van der Waals surface area (Å²) in [6, 6.07) is 3.49. The summed E-state index contributed by atoms with van der Waals surface area (Å²) in [4.78, 5) is 25.5. The molecule has 7 heteroatoms. The molecule has 24 heavy (non-hydrogen) atoms. The third-order valence-corrected chi connectivity index (χ3v) is 5.65. The third kappa shape index (κ3) is 2.22. The Morgan fingerprint density at radius 2 is 1.96 bits per heavy atom. The second kappa shape index (κ2) is 5.67. The summed E-state index contributed by atoms with van der Waals surface area (Å²) in [6.45, 7) is 1.54. The van der Waals surface area contributed by atoms with Gasteiger partial charge >= 0.3 is 5.97 Å². The minimum Gasteiger partial charge on any atom is -0.477 e. The first kappa shape index (κ1) is 15.8. The van der Waals surface area contributed by atoms with Crippen LogP contribution >= 0.6 is 11.8 Å². The van der Waals surface area contributed by atoms with Crippen LogP contribution in [0.1, 0.15) is 18.4 Å². The molecule has 4 rings (SSSR count). The predicted octanol–water partition coefficient (Wildman–Crippen LogP) is 1.70. The Kier molecular flexibility index (Phi) is 3.73. The topological polar surface area (TPSA) is 91.0 Å². The molecule has 0 unspecified atom stereocenters. The number of nitrogens with zero attached hydrogens (tertiary/aromatic N) is 1. The standard InChI is InChI=1S/C17H14NO5S/c1-8(19)12-15(20)18-13(17(21)22)14(24-16(12)18)11-7-6-10(23-11)9-4-2-3-5-9/h2-8,12,16,19H,1H3,(H,21,22)/t8-,12+,16-/m1/s1. The van der Waals surface area contributed by atoms with E-state index in [0.717, 1.165) is 5.92 Å². The number of carboxylic acids is 1. The van der Waals surface area contributed by atoms with E-state index in [1.807, 2.05) is 25.7 Å². The number of carboxylic acid groups (broad SMARTS) is 1. The van der Waals surface area contributed by atoms with E-state index in [2.05, 4.69) is 0 Å². The zero-order valence-corrected chi connectivity index (χ0v) is 13.5. The number of furan rings is 1. The van der Waals surface area contributed by atoms with Gasteiger partial charge in [-0.25, -0.2) is 4.79 Å². The lowest BCUT2D eigenvalue weighted by Crippen LogP contribution is -2.60. The smallest absolute Gasteiger partial charge is 0.353 e. The molecule has 3 heterocycles. The van der Waals surface area contributed by atoms with Crippen molar-refractivity contribution in [3.8, 4) is 0 Å². The van der Waals surface area contributed by atoms with Crippen LogP contribution in [-0.4, -0.2) is 38.5 Å². The summed E-state index contributed by atoms with van der Waals surface area (Å²) >= 11 is 1.25. The van der Waals surface area contributed by atoms with Gasteiger partial charge in [0.1, 0.15) is 22.6 Å². The molecule has 1 aliphatic carbocycles. The molecule has 1 aromatic heterocycles. The van der Waals surface area contributed by atoms with E-state index in [-0.39, 0.29) is 11.6 Å². The SMILES string of the molecule is C[C@@H](O)[C@H]1C(=O)N2C(C(=O)O)=C(c3ccc([C]4[CH][CH][CH][CH]4)o3)S[C@H]12. The zero-order valence-electron chi connectivity index (χ0n) is 12.7. The highest BCUT2D eigenvalue weighted by Gasteiger charge is 2.58. The summed E-state index contributed by atoms with van der Waals surface area (Å²) in [5.74, 6) is -0.170. The van der Waals surface area contributed by atoms with Crippen LogP contribution in [0.15, 0.2) is 22.2 Å². The largest absolute Gasteiger partial charge is 0.477 e. The fraction of sp³-hybridized carbons (Fsp3) is 0.235. The van der Waals surface area contributed by atoms with Crippen LogP contribution in [0.4, 0.5) is 0 Å². The number of aliphatic hydroxyl groups excluding tert-OH is 1. The van der Waals surface area contributed by atoms with Gasteiger partial charge in [0, 0.05) is 5.92 Å². The minimum absolute atomic E-state index is 0.0738. The number of hydrogen-bond acceptors (Lipinski definition) is 5. The van der Waals surface area contributed by atoms with Gasteiger partial charge in [-0.05, 0) is 44.7 Å². The van der Waals surface area contributed by atoms with Gasteiger partial charge in [-0.2, -0.15) is 0 Å². The number of carbonyl (C=O) groups excluding carboxylic acids is 1. The molecule has 0 aromatic carbocycles. The van der Waals surface area contributed by atoms with Crippen LogP contribution in [0.5, 0.6) is 0 Å². The number of aliphatic carboxylic acids is 1. The van der Waals surface area contributed by atoms with E-state index in [4.69, 9.17) is 4.42 Å². The average molecular weight is 344 g/mol. The summed E-state index contributed by atoms with van der Waals surface area (Å²) < 4.78 is 5.81. The Morgan fingerprint density at radius 1 is 1.29 bits per heavy atom. The molecule has 0 spiro atoms. The van der Waals surface area contributed by atoms with Crippen LogP contribution in [0.25, 0.3) is 4.91 Å². The lowest BCUT2D eigenvalue weighted by atomic mass is 9.92. The maximum Gasteiger partial charge on any atom is 0.353 e. The molecule has 123 valence electrons. The molecular formula is C17H14NO5S. The van der Waals surface area contributed by atoms with Gasteiger partial charge in [0.2, 0.25) is 5.91 Å². The van der Waals surface area contributed by atoms with E-state index in [1.54, 1.807) is 19.1 Å². The Bertz CT molecular complexity index is 731. The van der Waals surface area contributed by atoms with Crippen LogP contribution in [0, 0.1) is 37.5 Å². The maximum atomic E-state index is 12.2. The van der Waals surface area contributed by atoms with E-state index in [1.165, 1.54) is 16.7 Å². The maximum absolute atomic E-state index is 12.2. The van der Waals surface area contributed by atoms with Crippen molar-refractivity contribution >= 4 is 28.5 Å². The first-order valence-corrected chi connectivity index (χ1v) is 8.34. The van der Waals surface area contributed by atoms with Crippen molar-refractivity contribution in [1.29, 1.82) is 0 Å². The van der Waals surface area contributed by atoms with E-state index < -0.39 is 23.4 Å². The van der Waals surface area contributed by atoms with E-state index in [0.29, 0.717) is 16.4 Å². The van der Waals surface area contributed by atoms with Gasteiger partial charge in [0.15, 0.2) is 0 Å². The second-order valence-electron chi connectivity index (χ2n) is 5.80. The van der Waals surface area contributed by atoms with Crippen molar-refractivity contribution in [2.75, 3.05) is 0 Å². The first-order valence-electron chi connectivity index (χ1n) is 7.46. The highest BCUT2D eigenvalue weighted by molar-refractivity contribution is 8.09. The van der Waals surface area contributed by atoms with Crippen LogP contribution in [-0.2, 0) is 9.59 Å². The van der Waals surface area contributed by atoms with Crippen molar-refractivity contribution < 1.29 is 24.2 Å². The van der Waals surface area contributed by atoms with E-state index >= 15 is 0 Å². The lowest BCUT2D eigenvalue weighted by Gasteiger charge is -2.43. The monoisotopic (exact) mass is 344 g/mol. The molecule has 6 nitrogen and oxygen atoms in total. The Morgan fingerprint density at radius 3 is 2.58 bits per heavy atom. The first-order chi connectivity index (χ1) is 11.5. The lowest BCUT2D eigenvalue weighted by molar-refractivity contribution is -0.156. The number of β-lactam (4-membered cyclic amide) rings is 1. The molecule has 1 saturated heterocycles. The number of fused-ring (bicyclic) bond motifs is 1. The normalized spacial score (nSPS) is 28.2. The summed E-state index contributed by atoms with van der Waals surface area (Å²) in [5.41, 5.74) is -0.0738. The van der Waals surface area contributed by atoms with Crippen molar-refractivity contribution in [3.63, 3.8) is 0 Å². The van der Waals surface area contributed by atoms with E-state index in [9.17, 15) is 19.8 Å². The molecule has 5 radical (unpaired) electrons. The number of hydrogen-bond donors (Lipinski definition) is 2. The van der Waals surface area contributed by atoms with Gasteiger partial charge in [-0.1, -0.05) is 11.8 Å². The Balaban J connectivity index is 1.67. The number of rotatable bonds is 4.